The van der Waals surface area contributed by atoms with Gasteiger partial charge in [0, 0.05) is 29.3 Å². The Labute approximate surface area is 176 Å². The van der Waals surface area contributed by atoms with Crippen LogP contribution in [0.2, 0.25) is 5.02 Å². The molecule has 0 saturated carbocycles. The van der Waals surface area contributed by atoms with E-state index in [0.717, 1.165) is 5.56 Å². The van der Waals surface area contributed by atoms with Crippen molar-refractivity contribution in [1.29, 1.82) is 0 Å². The van der Waals surface area contributed by atoms with Crippen molar-refractivity contribution in [3.63, 3.8) is 0 Å². The average Bonchev–Trinajstić information content (AvgIpc) is 2.72. The molecule has 0 unspecified atom stereocenters. The number of rotatable bonds is 5. The maximum atomic E-state index is 13.6. The molecular formula is C22H17ClFN3O3. The molecule has 1 N–H and O–H groups in total. The monoisotopic (exact) mass is 425 g/mol. The number of pyridine rings is 1. The largest absolute Gasteiger partial charge is 0.493 e. The van der Waals surface area contributed by atoms with Crippen molar-refractivity contribution in [2.24, 2.45) is 0 Å². The lowest BCUT2D eigenvalue weighted by Gasteiger charge is -2.09. The van der Waals surface area contributed by atoms with E-state index in [1.165, 1.54) is 26.4 Å². The molecule has 0 aliphatic heterocycles. The van der Waals surface area contributed by atoms with Crippen molar-refractivity contribution in [1.82, 2.24) is 15.0 Å². The van der Waals surface area contributed by atoms with Crippen LogP contribution >= 0.6 is 11.6 Å². The Hall–Kier alpha value is -3.45. The van der Waals surface area contributed by atoms with Crippen LogP contribution in [0, 0.1) is 5.82 Å². The molecule has 6 nitrogen and oxygen atoms in total. The molecule has 2 aromatic carbocycles. The van der Waals surface area contributed by atoms with Crippen molar-refractivity contribution >= 4 is 22.5 Å². The number of ether oxygens (including phenoxy) is 2. The Balaban J connectivity index is 1.64. The second-order valence-corrected chi connectivity index (χ2v) is 7.06. The van der Waals surface area contributed by atoms with E-state index >= 15 is 0 Å². The lowest BCUT2D eigenvalue weighted by atomic mass is 10.1. The first kappa shape index (κ1) is 19.8. The van der Waals surface area contributed by atoms with Gasteiger partial charge in [-0.3, -0.25) is 9.78 Å². The molecule has 0 amide bonds. The SMILES string of the molecule is COc1cc2nc(Cc3ccc(-c4cc(F)cc(Cl)c4)nc3)[nH]c(=O)c2cc1OC. The smallest absolute Gasteiger partial charge is 0.258 e. The molecule has 2 aromatic heterocycles. The summed E-state index contributed by atoms with van der Waals surface area (Å²) in [5.41, 5.74) is 2.26. The number of aromatic amines is 1. The Morgan fingerprint density at radius 1 is 1.07 bits per heavy atom. The molecule has 152 valence electrons. The van der Waals surface area contributed by atoms with Crippen LogP contribution in [0.5, 0.6) is 11.5 Å². The zero-order valence-electron chi connectivity index (χ0n) is 16.2. The molecule has 4 aromatic rings. The van der Waals surface area contributed by atoms with E-state index in [0.29, 0.717) is 50.9 Å². The Morgan fingerprint density at radius 2 is 1.83 bits per heavy atom. The minimum absolute atomic E-state index is 0.269. The van der Waals surface area contributed by atoms with Gasteiger partial charge in [0.25, 0.3) is 5.56 Å². The van der Waals surface area contributed by atoms with Crippen LogP contribution in [-0.4, -0.2) is 29.2 Å². The molecule has 0 aliphatic rings. The lowest BCUT2D eigenvalue weighted by molar-refractivity contribution is 0.355. The third-order valence-electron chi connectivity index (χ3n) is 4.61. The van der Waals surface area contributed by atoms with Gasteiger partial charge in [-0.2, -0.15) is 0 Å². The van der Waals surface area contributed by atoms with Crippen molar-refractivity contribution in [2.45, 2.75) is 6.42 Å². The number of H-pyrrole nitrogens is 1. The van der Waals surface area contributed by atoms with Gasteiger partial charge in [-0.1, -0.05) is 17.7 Å². The number of methoxy groups -OCH3 is 2. The van der Waals surface area contributed by atoms with Gasteiger partial charge < -0.3 is 14.5 Å². The van der Waals surface area contributed by atoms with Gasteiger partial charge in [0.2, 0.25) is 0 Å². The molecule has 0 bridgehead atoms. The summed E-state index contributed by atoms with van der Waals surface area (Å²) in [4.78, 5) is 24.2. The van der Waals surface area contributed by atoms with Crippen LogP contribution < -0.4 is 15.0 Å². The standard InChI is InChI=1S/C22H17ClFN3O3/c1-29-19-9-16-18(10-20(19)30-2)26-21(27-22(16)28)5-12-3-4-17(25-11-12)13-6-14(23)8-15(24)7-13/h3-4,6-11H,5H2,1-2H3,(H,26,27,28). The number of fused-ring (bicyclic) bond motifs is 1. The number of hydrogen-bond donors (Lipinski definition) is 1. The number of aromatic nitrogens is 3. The van der Waals surface area contributed by atoms with Crippen molar-refractivity contribution < 1.29 is 13.9 Å². The summed E-state index contributed by atoms with van der Waals surface area (Å²) >= 11 is 5.92. The molecule has 2 heterocycles. The van der Waals surface area contributed by atoms with E-state index in [2.05, 4.69) is 15.0 Å². The highest BCUT2D eigenvalue weighted by atomic mass is 35.5. The minimum Gasteiger partial charge on any atom is -0.493 e. The number of benzene rings is 2. The quantitative estimate of drug-likeness (QED) is 0.513. The maximum absolute atomic E-state index is 13.6. The summed E-state index contributed by atoms with van der Waals surface area (Å²) in [6.45, 7) is 0. The first-order valence-corrected chi connectivity index (χ1v) is 9.41. The topological polar surface area (TPSA) is 77.1 Å². The first-order chi connectivity index (χ1) is 14.5. The fourth-order valence-corrected chi connectivity index (χ4v) is 3.41. The second-order valence-electron chi connectivity index (χ2n) is 6.62. The number of hydrogen-bond acceptors (Lipinski definition) is 5. The van der Waals surface area contributed by atoms with Gasteiger partial charge in [0.05, 0.1) is 30.8 Å². The summed E-state index contributed by atoms with van der Waals surface area (Å²) in [5.74, 6) is 1.02. The van der Waals surface area contributed by atoms with E-state index in [1.807, 2.05) is 6.07 Å². The summed E-state index contributed by atoms with van der Waals surface area (Å²) in [6, 6.07) is 11.2. The molecular weight excluding hydrogens is 409 g/mol. The molecule has 0 saturated heterocycles. The fraction of sp³-hybridized carbons (Fsp3) is 0.136. The lowest BCUT2D eigenvalue weighted by Crippen LogP contribution is -2.12. The summed E-state index contributed by atoms with van der Waals surface area (Å²) in [6.07, 6.45) is 2.03. The number of halogens is 2. The minimum atomic E-state index is -0.423. The van der Waals surface area contributed by atoms with Crippen LogP contribution in [0.3, 0.4) is 0 Å². The van der Waals surface area contributed by atoms with Crippen molar-refractivity contribution in [2.75, 3.05) is 14.2 Å². The van der Waals surface area contributed by atoms with Crippen LogP contribution in [0.15, 0.2) is 53.5 Å². The highest BCUT2D eigenvalue weighted by molar-refractivity contribution is 6.30. The fourth-order valence-electron chi connectivity index (χ4n) is 3.19. The first-order valence-electron chi connectivity index (χ1n) is 9.03. The average molecular weight is 426 g/mol. The van der Waals surface area contributed by atoms with Gasteiger partial charge in [0.1, 0.15) is 11.6 Å². The number of nitrogens with one attached hydrogen (secondary N) is 1. The predicted molar refractivity (Wildman–Crippen MR) is 113 cm³/mol. The molecule has 30 heavy (non-hydrogen) atoms. The molecule has 0 aliphatic carbocycles. The second kappa shape index (κ2) is 8.12. The summed E-state index contributed by atoms with van der Waals surface area (Å²) in [7, 11) is 3.03. The molecule has 0 atom stereocenters. The van der Waals surface area contributed by atoms with Crippen LogP contribution in [0.4, 0.5) is 4.39 Å². The normalized spacial score (nSPS) is 10.9. The highest BCUT2D eigenvalue weighted by Gasteiger charge is 2.12. The van der Waals surface area contributed by atoms with E-state index in [-0.39, 0.29) is 5.56 Å². The molecule has 8 heteroatoms. The Morgan fingerprint density at radius 3 is 2.50 bits per heavy atom. The van der Waals surface area contributed by atoms with Gasteiger partial charge >= 0.3 is 0 Å². The molecule has 0 fully saturated rings. The van der Waals surface area contributed by atoms with Crippen LogP contribution in [0.1, 0.15) is 11.4 Å². The van der Waals surface area contributed by atoms with E-state index in [9.17, 15) is 9.18 Å². The summed E-state index contributed by atoms with van der Waals surface area (Å²) < 4.78 is 24.1. The highest BCUT2D eigenvalue weighted by Crippen LogP contribution is 2.30. The summed E-state index contributed by atoms with van der Waals surface area (Å²) in [5, 5.41) is 0.716. The van der Waals surface area contributed by atoms with E-state index in [1.54, 1.807) is 30.5 Å². The third kappa shape index (κ3) is 3.97. The molecule has 0 radical (unpaired) electrons. The number of nitrogens with zero attached hydrogens (tertiary/aromatic N) is 2. The zero-order chi connectivity index (χ0) is 21.3. The van der Waals surface area contributed by atoms with Gasteiger partial charge in [0.15, 0.2) is 11.5 Å². The molecule has 0 spiro atoms. The molecule has 4 rings (SSSR count). The van der Waals surface area contributed by atoms with Crippen LogP contribution in [-0.2, 0) is 6.42 Å². The Bertz CT molecular complexity index is 1270. The maximum Gasteiger partial charge on any atom is 0.258 e. The van der Waals surface area contributed by atoms with E-state index < -0.39 is 5.82 Å². The van der Waals surface area contributed by atoms with Crippen molar-refractivity contribution in [3.8, 4) is 22.8 Å². The predicted octanol–water partition coefficient (Wildman–Crippen LogP) is 4.39. The third-order valence-corrected chi connectivity index (χ3v) is 4.83. The van der Waals surface area contributed by atoms with Gasteiger partial charge in [-0.25, -0.2) is 9.37 Å². The zero-order valence-corrected chi connectivity index (χ0v) is 17.0. The Kier molecular flexibility index (Phi) is 5.37. The van der Waals surface area contributed by atoms with Gasteiger partial charge in [-0.05, 0) is 35.9 Å². The van der Waals surface area contributed by atoms with Crippen molar-refractivity contribution in [3.05, 3.63) is 81.2 Å². The van der Waals surface area contributed by atoms with Crippen LogP contribution in [0.25, 0.3) is 22.2 Å². The van der Waals surface area contributed by atoms with Gasteiger partial charge in [-0.15, -0.1) is 0 Å². The van der Waals surface area contributed by atoms with E-state index in [4.69, 9.17) is 21.1 Å².